The molecule has 2 amide bonds. The normalized spacial score (nSPS) is 11.9. The molecule has 7 nitrogen and oxygen atoms in total. The summed E-state index contributed by atoms with van der Waals surface area (Å²) in [7, 11) is -4.22. The van der Waals surface area contributed by atoms with Crippen molar-refractivity contribution in [1.82, 2.24) is 10.2 Å². The van der Waals surface area contributed by atoms with Crippen LogP contribution in [0.2, 0.25) is 5.02 Å². The van der Waals surface area contributed by atoms with Crippen LogP contribution in [0.25, 0.3) is 0 Å². The number of benzene rings is 4. The van der Waals surface area contributed by atoms with Crippen molar-refractivity contribution >= 4 is 39.1 Å². The molecule has 46 heavy (non-hydrogen) atoms. The lowest BCUT2D eigenvalue weighted by molar-refractivity contribution is -0.140. The van der Waals surface area contributed by atoms with Gasteiger partial charge in [0.15, 0.2) is 0 Å². The van der Waals surface area contributed by atoms with Gasteiger partial charge in [-0.05, 0) is 73.7 Å². The van der Waals surface area contributed by atoms with E-state index >= 15 is 0 Å². The Labute approximate surface area is 278 Å². The third kappa shape index (κ3) is 8.77. The molecule has 0 saturated carbocycles. The molecule has 4 rings (SSSR count). The zero-order valence-corrected chi connectivity index (χ0v) is 28.4. The van der Waals surface area contributed by atoms with Crippen LogP contribution < -0.4 is 9.62 Å². The molecule has 0 heterocycles. The molecule has 0 aliphatic carbocycles. The first-order valence-corrected chi connectivity index (χ1v) is 17.3. The number of unbranched alkanes of at least 4 members (excludes halogenated alkanes) is 1. The molecule has 0 spiro atoms. The van der Waals surface area contributed by atoms with E-state index in [2.05, 4.69) is 5.32 Å². The summed E-state index contributed by atoms with van der Waals surface area (Å²) in [5.41, 5.74) is 4.54. The SMILES string of the molecule is CCCCNC(=O)C(Cc1ccccc1)N(Cc1ccccc1C)C(=O)CN(c1cc(Cl)ccc1C)S(=O)(=O)c1ccc(C)cc1. The third-order valence-electron chi connectivity index (χ3n) is 8.03. The maximum Gasteiger partial charge on any atom is 0.264 e. The van der Waals surface area contributed by atoms with E-state index in [4.69, 9.17) is 11.6 Å². The van der Waals surface area contributed by atoms with Gasteiger partial charge in [0.25, 0.3) is 10.0 Å². The van der Waals surface area contributed by atoms with Crippen molar-refractivity contribution in [3.8, 4) is 0 Å². The minimum atomic E-state index is -4.22. The van der Waals surface area contributed by atoms with E-state index in [0.717, 1.165) is 39.4 Å². The third-order valence-corrected chi connectivity index (χ3v) is 10.0. The fourth-order valence-corrected chi connectivity index (χ4v) is 6.87. The molecule has 1 atom stereocenters. The largest absolute Gasteiger partial charge is 0.354 e. The first kappa shape index (κ1) is 34.7. The maximum absolute atomic E-state index is 14.6. The van der Waals surface area contributed by atoms with Crippen LogP contribution in [0.3, 0.4) is 0 Å². The number of hydrogen-bond donors (Lipinski definition) is 1. The van der Waals surface area contributed by atoms with E-state index in [0.29, 0.717) is 22.8 Å². The molecule has 1 unspecified atom stereocenters. The van der Waals surface area contributed by atoms with Gasteiger partial charge >= 0.3 is 0 Å². The molecule has 0 fully saturated rings. The maximum atomic E-state index is 14.6. The van der Waals surface area contributed by atoms with Crippen LogP contribution in [-0.2, 0) is 32.6 Å². The summed E-state index contributed by atoms with van der Waals surface area (Å²) in [5.74, 6) is -0.795. The second-order valence-corrected chi connectivity index (χ2v) is 13.9. The first-order valence-electron chi connectivity index (χ1n) is 15.5. The van der Waals surface area contributed by atoms with E-state index in [1.54, 1.807) is 37.3 Å². The number of hydrogen-bond acceptors (Lipinski definition) is 4. The quantitative estimate of drug-likeness (QED) is 0.148. The van der Waals surface area contributed by atoms with Crippen molar-refractivity contribution in [2.75, 3.05) is 17.4 Å². The second kappa shape index (κ2) is 15.9. The molecule has 0 saturated heterocycles. The minimum absolute atomic E-state index is 0.0499. The lowest BCUT2D eigenvalue weighted by atomic mass is 10.0. The van der Waals surface area contributed by atoms with Crippen LogP contribution in [-0.4, -0.2) is 44.3 Å². The molecule has 4 aromatic carbocycles. The van der Waals surface area contributed by atoms with Crippen LogP contribution in [0.5, 0.6) is 0 Å². The standard InChI is InChI=1S/C37H42ClN3O4S/c1-5-6-22-39-37(43)35(23-30-13-8-7-9-14-30)40(25-31-15-11-10-12-28(31)3)36(42)26-41(34-24-32(38)19-18-29(34)4)46(44,45)33-20-16-27(2)17-21-33/h7-21,24,35H,5-6,22-23,25-26H2,1-4H3,(H,39,43). The molecule has 0 aliphatic rings. The van der Waals surface area contributed by atoms with Crippen LogP contribution in [0.15, 0.2) is 102 Å². The van der Waals surface area contributed by atoms with Gasteiger partial charge in [-0.1, -0.05) is 103 Å². The average molecular weight is 660 g/mol. The highest BCUT2D eigenvalue weighted by Gasteiger charge is 2.35. The smallest absolute Gasteiger partial charge is 0.264 e. The lowest BCUT2D eigenvalue weighted by Gasteiger charge is -2.34. The number of nitrogens with zero attached hydrogens (tertiary/aromatic N) is 2. The highest BCUT2D eigenvalue weighted by molar-refractivity contribution is 7.92. The molecule has 0 aromatic heterocycles. The zero-order chi connectivity index (χ0) is 33.3. The molecule has 0 aliphatic heterocycles. The Balaban J connectivity index is 1.83. The number of anilines is 1. The Bertz CT molecular complexity index is 1740. The highest BCUT2D eigenvalue weighted by atomic mass is 35.5. The number of amides is 2. The Kier molecular flexibility index (Phi) is 12.0. The second-order valence-electron chi connectivity index (χ2n) is 11.6. The zero-order valence-electron chi connectivity index (χ0n) is 26.9. The van der Waals surface area contributed by atoms with Gasteiger partial charge in [0.1, 0.15) is 12.6 Å². The molecule has 4 aromatic rings. The van der Waals surface area contributed by atoms with Gasteiger partial charge in [0.2, 0.25) is 11.8 Å². The summed E-state index contributed by atoms with van der Waals surface area (Å²) >= 11 is 6.37. The van der Waals surface area contributed by atoms with E-state index in [-0.39, 0.29) is 23.8 Å². The summed E-state index contributed by atoms with van der Waals surface area (Å²) in [4.78, 5) is 30.1. The van der Waals surface area contributed by atoms with E-state index in [1.807, 2.05) is 75.4 Å². The van der Waals surface area contributed by atoms with Crippen molar-refractivity contribution in [2.45, 2.75) is 64.4 Å². The van der Waals surface area contributed by atoms with Gasteiger partial charge in [-0.3, -0.25) is 13.9 Å². The monoisotopic (exact) mass is 659 g/mol. The Morgan fingerprint density at radius 2 is 1.52 bits per heavy atom. The molecule has 0 radical (unpaired) electrons. The number of aryl methyl sites for hydroxylation is 3. The van der Waals surface area contributed by atoms with Gasteiger partial charge in [0, 0.05) is 24.5 Å². The van der Waals surface area contributed by atoms with Crippen LogP contribution >= 0.6 is 11.6 Å². The van der Waals surface area contributed by atoms with E-state index in [1.165, 1.54) is 17.0 Å². The number of sulfonamides is 1. The number of carbonyl (C=O) groups excluding carboxylic acids is 2. The molecular formula is C37H42ClN3O4S. The summed E-state index contributed by atoms with van der Waals surface area (Å²) < 4.78 is 29.7. The summed E-state index contributed by atoms with van der Waals surface area (Å²) in [6.07, 6.45) is 1.96. The number of nitrogens with one attached hydrogen (secondary N) is 1. The van der Waals surface area contributed by atoms with Crippen molar-refractivity contribution in [2.24, 2.45) is 0 Å². The predicted molar refractivity (Wildman–Crippen MR) is 185 cm³/mol. The van der Waals surface area contributed by atoms with Gasteiger partial charge in [0.05, 0.1) is 10.6 Å². The summed E-state index contributed by atoms with van der Waals surface area (Å²) in [6.45, 7) is 7.72. The van der Waals surface area contributed by atoms with E-state index < -0.39 is 28.5 Å². The number of rotatable bonds is 14. The lowest BCUT2D eigenvalue weighted by Crippen LogP contribution is -2.53. The summed E-state index contributed by atoms with van der Waals surface area (Å²) in [6, 6.07) is 27.8. The van der Waals surface area contributed by atoms with Crippen molar-refractivity contribution < 1.29 is 18.0 Å². The van der Waals surface area contributed by atoms with E-state index in [9.17, 15) is 18.0 Å². The van der Waals surface area contributed by atoms with Gasteiger partial charge in [-0.15, -0.1) is 0 Å². The topological polar surface area (TPSA) is 86.8 Å². The van der Waals surface area contributed by atoms with Crippen LogP contribution in [0.1, 0.15) is 47.6 Å². The highest BCUT2D eigenvalue weighted by Crippen LogP contribution is 2.30. The van der Waals surface area contributed by atoms with Crippen molar-refractivity contribution in [1.29, 1.82) is 0 Å². The van der Waals surface area contributed by atoms with Crippen LogP contribution in [0.4, 0.5) is 5.69 Å². The minimum Gasteiger partial charge on any atom is -0.354 e. The van der Waals surface area contributed by atoms with Crippen molar-refractivity contribution in [3.05, 3.63) is 130 Å². The summed E-state index contributed by atoms with van der Waals surface area (Å²) in [5, 5.41) is 3.36. The average Bonchev–Trinajstić information content (AvgIpc) is 3.04. The molecule has 9 heteroatoms. The number of halogens is 1. The Morgan fingerprint density at radius 1 is 0.848 bits per heavy atom. The Morgan fingerprint density at radius 3 is 2.20 bits per heavy atom. The predicted octanol–water partition coefficient (Wildman–Crippen LogP) is 7.02. The first-order chi connectivity index (χ1) is 22.0. The fourth-order valence-electron chi connectivity index (χ4n) is 5.23. The van der Waals surface area contributed by atoms with Crippen LogP contribution in [0, 0.1) is 20.8 Å². The molecule has 0 bridgehead atoms. The number of carbonyl (C=O) groups is 2. The van der Waals surface area contributed by atoms with Gasteiger partial charge in [-0.2, -0.15) is 0 Å². The Hall–Kier alpha value is -4.14. The van der Waals surface area contributed by atoms with Gasteiger partial charge in [-0.25, -0.2) is 8.42 Å². The fraction of sp³-hybridized carbons (Fsp3) is 0.297. The molecular weight excluding hydrogens is 618 g/mol. The molecule has 1 N–H and O–H groups in total. The van der Waals surface area contributed by atoms with Crippen molar-refractivity contribution in [3.63, 3.8) is 0 Å². The molecule has 242 valence electrons. The van der Waals surface area contributed by atoms with Gasteiger partial charge < -0.3 is 10.2 Å².